The molecule has 0 spiro atoms. The number of nitrogens with one attached hydrogen (secondary N) is 1. The van der Waals surface area contributed by atoms with Crippen LogP contribution in [0.5, 0.6) is 0 Å². The third kappa shape index (κ3) is 2.62. The van der Waals surface area contributed by atoms with Crippen molar-refractivity contribution in [3.8, 4) is 0 Å². The van der Waals surface area contributed by atoms with Gasteiger partial charge in [-0.15, -0.1) is 0 Å². The lowest BCUT2D eigenvalue weighted by atomic mass is 10.2. The number of anilines is 1. The predicted molar refractivity (Wildman–Crippen MR) is 63.8 cm³/mol. The number of halogens is 1. The maximum absolute atomic E-state index is 5.77. The second kappa shape index (κ2) is 4.97. The Labute approximate surface area is 100 Å². The van der Waals surface area contributed by atoms with Crippen LogP contribution in [0.4, 0.5) is 5.82 Å². The van der Waals surface area contributed by atoms with Crippen molar-refractivity contribution in [2.24, 2.45) is 0 Å². The largest absolute Gasteiger partial charge is 0.381 e. The molecular formula is C11H16ClN3O. The van der Waals surface area contributed by atoms with Crippen molar-refractivity contribution in [2.75, 3.05) is 12.4 Å². The highest BCUT2D eigenvalue weighted by atomic mass is 35.5. The summed E-state index contributed by atoms with van der Waals surface area (Å²) in [7, 11) is 1.76. The number of hydrogen-bond acceptors (Lipinski definition) is 4. The van der Waals surface area contributed by atoms with Crippen LogP contribution in [0.2, 0.25) is 5.28 Å². The molecule has 0 radical (unpaired) electrons. The van der Waals surface area contributed by atoms with Crippen LogP contribution in [0.15, 0.2) is 6.20 Å². The maximum atomic E-state index is 5.77. The molecule has 1 aromatic rings. The molecule has 4 nitrogen and oxygen atoms in total. The molecule has 0 amide bonds. The van der Waals surface area contributed by atoms with E-state index in [0.717, 1.165) is 30.6 Å². The number of nitrogens with zero attached hydrogens (tertiary/aromatic N) is 2. The summed E-state index contributed by atoms with van der Waals surface area (Å²) in [4.78, 5) is 8.12. The fourth-order valence-electron chi connectivity index (χ4n) is 2.05. The molecule has 0 aromatic carbocycles. The smallest absolute Gasteiger partial charge is 0.224 e. The van der Waals surface area contributed by atoms with Crippen molar-refractivity contribution in [3.05, 3.63) is 17.0 Å². The SMILES string of the molecule is COC1CCC(Nc2nc(Cl)ncc2C)C1. The van der Waals surface area contributed by atoms with Crippen LogP contribution < -0.4 is 5.32 Å². The first kappa shape index (κ1) is 11.6. The second-order valence-electron chi connectivity index (χ2n) is 4.18. The lowest BCUT2D eigenvalue weighted by molar-refractivity contribution is 0.108. The van der Waals surface area contributed by atoms with Crippen molar-refractivity contribution in [1.29, 1.82) is 0 Å². The van der Waals surface area contributed by atoms with Crippen LogP contribution in [0.1, 0.15) is 24.8 Å². The maximum Gasteiger partial charge on any atom is 0.224 e. The Bertz CT molecular complexity index is 372. The zero-order valence-corrected chi connectivity index (χ0v) is 10.3. The molecule has 0 bridgehead atoms. The number of ether oxygens (including phenoxy) is 1. The molecule has 2 rings (SSSR count). The Kier molecular flexibility index (Phi) is 3.61. The summed E-state index contributed by atoms with van der Waals surface area (Å²) in [6.45, 7) is 1.97. The molecule has 1 fully saturated rings. The molecule has 16 heavy (non-hydrogen) atoms. The molecule has 5 heteroatoms. The molecule has 88 valence electrons. The van der Waals surface area contributed by atoms with E-state index >= 15 is 0 Å². The molecule has 1 aromatic heterocycles. The zero-order chi connectivity index (χ0) is 11.5. The van der Waals surface area contributed by atoms with Crippen molar-refractivity contribution in [1.82, 2.24) is 9.97 Å². The van der Waals surface area contributed by atoms with Gasteiger partial charge in [-0.05, 0) is 37.8 Å². The van der Waals surface area contributed by atoms with Crippen LogP contribution in [0.25, 0.3) is 0 Å². The van der Waals surface area contributed by atoms with Crippen molar-refractivity contribution < 1.29 is 4.74 Å². The van der Waals surface area contributed by atoms with Gasteiger partial charge < -0.3 is 10.1 Å². The van der Waals surface area contributed by atoms with Gasteiger partial charge in [0.2, 0.25) is 5.28 Å². The number of rotatable bonds is 3. The monoisotopic (exact) mass is 241 g/mol. The summed E-state index contributed by atoms with van der Waals surface area (Å²) in [5.41, 5.74) is 1.02. The van der Waals surface area contributed by atoms with E-state index in [1.807, 2.05) is 6.92 Å². The van der Waals surface area contributed by atoms with Crippen LogP contribution >= 0.6 is 11.6 Å². The first-order chi connectivity index (χ1) is 7.69. The van der Waals surface area contributed by atoms with Gasteiger partial charge in [-0.25, -0.2) is 9.97 Å². The summed E-state index contributed by atoms with van der Waals surface area (Å²) in [5, 5.41) is 3.69. The fourth-order valence-corrected chi connectivity index (χ4v) is 2.18. The van der Waals surface area contributed by atoms with Crippen LogP contribution in [0, 0.1) is 6.92 Å². The van der Waals surface area contributed by atoms with E-state index in [0.29, 0.717) is 12.1 Å². The van der Waals surface area contributed by atoms with Gasteiger partial charge in [0.25, 0.3) is 0 Å². The lowest BCUT2D eigenvalue weighted by Crippen LogP contribution is -2.18. The van der Waals surface area contributed by atoms with Gasteiger partial charge in [0.15, 0.2) is 0 Å². The average molecular weight is 242 g/mol. The van der Waals surface area contributed by atoms with Gasteiger partial charge in [-0.2, -0.15) is 0 Å². The van der Waals surface area contributed by atoms with Crippen molar-refractivity contribution >= 4 is 17.4 Å². The normalized spacial score (nSPS) is 24.7. The molecule has 1 N–H and O–H groups in total. The quantitative estimate of drug-likeness (QED) is 0.826. The molecular weight excluding hydrogens is 226 g/mol. The first-order valence-corrected chi connectivity index (χ1v) is 5.85. The van der Waals surface area contributed by atoms with E-state index in [2.05, 4.69) is 15.3 Å². The molecule has 1 aliphatic rings. The van der Waals surface area contributed by atoms with E-state index in [-0.39, 0.29) is 5.28 Å². The Hall–Kier alpha value is -0.870. The van der Waals surface area contributed by atoms with Crippen LogP contribution in [0.3, 0.4) is 0 Å². The molecule has 1 aliphatic carbocycles. The number of aryl methyl sites for hydroxylation is 1. The Morgan fingerprint density at radius 2 is 2.31 bits per heavy atom. The van der Waals surface area contributed by atoms with E-state index in [1.165, 1.54) is 0 Å². The summed E-state index contributed by atoms with van der Waals surface area (Å²) in [5.74, 6) is 0.835. The number of aromatic nitrogens is 2. The Morgan fingerprint density at radius 1 is 1.50 bits per heavy atom. The van der Waals surface area contributed by atoms with E-state index in [4.69, 9.17) is 16.3 Å². The molecule has 1 heterocycles. The third-order valence-electron chi connectivity index (χ3n) is 3.00. The standard InChI is InChI=1S/C11H16ClN3O/c1-7-6-13-11(12)15-10(7)14-8-3-4-9(5-8)16-2/h6,8-9H,3-5H2,1-2H3,(H,13,14,15). The van der Waals surface area contributed by atoms with Crippen molar-refractivity contribution in [3.63, 3.8) is 0 Å². The predicted octanol–water partition coefficient (Wildman–Crippen LogP) is 2.42. The minimum absolute atomic E-state index is 0.286. The van der Waals surface area contributed by atoms with Crippen LogP contribution in [-0.2, 0) is 4.74 Å². The first-order valence-electron chi connectivity index (χ1n) is 5.47. The molecule has 0 aliphatic heterocycles. The van der Waals surface area contributed by atoms with E-state index in [9.17, 15) is 0 Å². The second-order valence-corrected chi connectivity index (χ2v) is 4.52. The van der Waals surface area contributed by atoms with E-state index < -0.39 is 0 Å². The Balaban J connectivity index is 2.01. The lowest BCUT2D eigenvalue weighted by Gasteiger charge is -2.15. The van der Waals surface area contributed by atoms with Gasteiger partial charge in [-0.3, -0.25) is 0 Å². The fraction of sp³-hybridized carbons (Fsp3) is 0.636. The summed E-state index contributed by atoms with van der Waals surface area (Å²) < 4.78 is 5.33. The highest BCUT2D eigenvalue weighted by Gasteiger charge is 2.24. The highest BCUT2D eigenvalue weighted by Crippen LogP contribution is 2.25. The number of methoxy groups -OCH3 is 1. The minimum atomic E-state index is 0.286. The zero-order valence-electron chi connectivity index (χ0n) is 9.53. The van der Waals surface area contributed by atoms with Gasteiger partial charge in [0.05, 0.1) is 6.10 Å². The van der Waals surface area contributed by atoms with Gasteiger partial charge in [0.1, 0.15) is 5.82 Å². The number of hydrogen-bond donors (Lipinski definition) is 1. The van der Waals surface area contributed by atoms with Gasteiger partial charge in [-0.1, -0.05) is 0 Å². The highest BCUT2D eigenvalue weighted by molar-refractivity contribution is 6.28. The van der Waals surface area contributed by atoms with Gasteiger partial charge in [0, 0.05) is 24.9 Å². The molecule has 2 atom stereocenters. The van der Waals surface area contributed by atoms with Crippen molar-refractivity contribution in [2.45, 2.75) is 38.3 Å². The average Bonchev–Trinajstić information content (AvgIpc) is 2.71. The summed E-state index contributed by atoms with van der Waals surface area (Å²) >= 11 is 5.77. The molecule has 0 saturated heterocycles. The van der Waals surface area contributed by atoms with E-state index in [1.54, 1.807) is 13.3 Å². The van der Waals surface area contributed by atoms with Gasteiger partial charge >= 0.3 is 0 Å². The summed E-state index contributed by atoms with van der Waals surface area (Å²) in [6, 6.07) is 0.426. The summed E-state index contributed by atoms with van der Waals surface area (Å²) in [6.07, 6.45) is 5.35. The minimum Gasteiger partial charge on any atom is -0.381 e. The van der Waals surface area contributed by atoms with Crippen LogP contribution in [-0.4, -0.2) is 29.2 Å². The topological polar surface area (TPSA) is 47.0 Å². The molecule has 2 unspecified atom stereocenters. The molecule has 1 saturated carbocycles. The third-order valence-corrected chi connectivity index (χ3v) is 3.18. The Morgan fingerprint density at radius 3 is 3.00 bits per heavy atom.